The molecule has 1 N–H and O–H groups in total. The molecule has 0 aromatic heterocycles. The van der Waals surface area contributed by atoms with Gasteiger partial charge in [0.1, 0.15) is 33.8 Å². The number of aryl methyl sites for hydroxylation is 1. The molecule has 1 aliphatic heterocycles. The summed E-state index contributed by atoms with van der Waals surface area (Å²) in [4.78, 5) is -0.479. The van der Waals surface area contributed by atoms with E-state index < -0.39 is 15.0 Å². The molecule has 0 aliphatic carbocycles. The lowest BCUT2D eigenvalue weighted by atomic mass is 10.0. The molecule has 7 heteroatoms. The number of hydrogen-bond donors (Lipinski definition) is 1. The Kier molecular flexibility index (Phi) is 8.13. The van der Waals surface area contributed by atoms with Gasteiger partial charge in [-0.15, -0.1) is 0 Å². The van der Waals surface area contributed by atoms with Crippen molar-refractivity contribution in [3.63, 3.8) is 0 Å². The summed E-state index contributed by atoms with van der Waals surface area (Å²) in [6.45, 7) is 5.84. The molecule has 0 radical (unpaired) electrons. The van der Waals surface area contributed by atoms with Crippen LogP contribution in [0.2, 0.25) is 0 Å². The number of phenolic OH excluding ortho intramolecular Hbond substituents is 1. The first-order chi connectivity index (χ1) is 15.7. The van der Waals surface area contributed by atoms with Gasteiger partial charge in [-0.1, -0.05) is 48.0 Å². The normalized spacial score (nSPS) is 15.2. The summed E-state index contributed by atoms with van der Waals surface area (Å²) in [5.74, 6) is -0.320. The van der Waals surface area contributed by atoms with Gasteiger partial charge in [0.2, 0.25) is 0 Å². The molecule has 4 rings (SSSR count). The van der Waals surface area contributed by atoms with E-state index >= 15 is 0 Å². The number of methoxy groups -OCH3 is 1. The van der Waals surface area contributed by atoms with E-state index in [0.717, 1.165) is 29.2 Å². The number of nitrogens with zero attached hydrogens (tertiary/aromatic N) is 1. The van der Waals surface area contributed by atoms with Crippen LogP contribution >= 0.6 is 0 Å². The molecular formula is C26H31NO5S. The highest BCUT2D eigenvalue weighted by Crippen LogP contribution is 2.31. The van der Waals surface area contributed by atoms with Gasteiger partial charge in [0.05, 0.1) is 25.1 Å². The Bertz CT molecular complexity index is 1140. The third-order valence-corrected chi connectivity index (χ3v) is 6.87. The number of phenols is 1. The Hall–Kier alpha value is -2.87. The van der Waals surface area contributed by atoms with Crippen molar-refractivity contribution in [3.05, 3.63) is 83.9 Å². The van der Waals surface area contributed by atoms with Gasteiger partial charge in [0, 0.05) is 11.6 Å². The molecule has 1 aliphatic rings. The third kappa shape index (κ3) is 6.57. The second-order valence-corrected chi connectivity index (χ2v) is 9.77. The number of likely N-dealkylation sites (tertiary alicyclic amines) is 1. The number of para-hydroxylation sites is 1. The minimum absolute atomic E-state index is 0.157. The Morgan fingerprint density at radius 1 is 0.939 bits per heavy atom. The van der Waals surface area contributed by atoms with Crippen LogP contribution in [-0.4, -0.2) is 38.3 Å². The molecule has 6 nitrogen and oxygen atoms in total. The van der Waals surface area contributed by atoms with Crippen molar-refractivity contribution in [3.8, 4) is 11.5 Å². The monoisotopic (exact) mass is 469 g/mol. The van der Waals surface area contributed by atoms with E-state index in [1.807, 2.05) is 0 Å². The van der Waals surface area contributed by atoms with Crippen molar-refractivity contribution in [2.75, 3.05) is 20.2 Å². The molecule has 176 valence electrons. The van der Waals surface area contributed by atoms with Crippen molar-refractivity contribution in [2.24, 2.45) is 0 Å². The van der Waals surface area contributed by atoms with Crippen LogP contribution in [0.5, 0.6) is 11.5 Å². The second-order valence-electron chi connectivity index (χ2n) is 8.42. The van der Waals surface area contributed by atoms with E-state index in [2.05, 4.69) is 66.3 Å². The van der Waals surface area contributed by atoms with Crippen molar-refractivity contribution in [1.29, 1.82) is 0 Å². The lowest BCUT2D eigenvalue weighted by Crippen LogP contribution is -2.51. The van der Waals surface area contributed by atoms with E-state index in [1.54, 1.807) is 0 Å². The van der Waals surface area contributed by atoms with Crippen LogP contribution in [0.4, 0.5) is 5.69 Å². The molecule has 0 unspecified atom stereocenters. The maximum Gasteiger partial charge on any atom is 0.140 e. The van der Waals surface area contributed by atoms with Gasteiger partial charge in [0.25, 0.3) is 0 Å². The first-order valence-corrected chi connectivity index (χ1v) is 12.4. The Labute approximate surface area is 196 Å². The largest absolute Gasteiger partial charge is 0.744 e. The van der Waals surface area contributed by atoms with E-state index in [9.17, 15) is 13.0 Å². The molecule has 3 aromatic carbocycles. The summed E-state index contributed by atoms with van der Waals surface area (Å²) in [5.41, 5.74) is 4.28. The zero-order valence-corrected chi connectivity index (χ0v) is 19.9. The highest BCUT2D eigenvalue weighted by molar-refractivity contribution is 7.85. The molecular weight excluding hydrogens is 438 g/mol. The van der Waals surface area contributed by atoms with Gasteiger partial charge in [0.15, 0.2) is 0 Å². The zero-order chi connectivity index (χ0) is 23.9. The smallest absolute Gasteiger partial charge is 0.140 e. The zero-order valence-electron chi connectivity index (χ0n) is 19.1. The molecule has 0 saturated carbocycles. The summed E-state index contributed by atoms with van der Waals surface area (Å²) in [5, 5.41) is 8.96. The number of ether oxygens (including phenoxy) is 1. The van der Waals surface area contributed by atoms with Gasteiger partial charge >= 0.3 is 0 Å². The lowest BCUT2D eigenvalue weighted by Gasteiger charge is -2.41. The van der Waals surface area contributed by atoms with Gasteiger partial charge in [-0.2, -0.15) is 0 Å². The van der Waals surface area contributed by atoms with Gasteiger partial charge in [-0.25, -0.2) is 8.42 Å². The van der Waals surface area contributed by atoms with Crippen molar-refractivity contribution < 1.29 is 22.8 Å². The van der Waals surface area contributed by atoms with Crippen LogP contribution in [0.15, 0.2) is 77.7 Å². The first kappa shape index (κ1) is 24.8. The van der Waals surface area contributed by atoms with Crippen LogP contribution < -0.4 is 9.22 Å². The summed E-state index contributed by atoms with van der Waals surface area (Å²) in [6.07, 6.45) is 4.09. The molecule has 0 atom stereocenters. The maximum absolute atomic E-state index is 10.6. The van der Waals surface area contributed by atoms with Crippen molar-refractivity contribution in [2.45, 2.75) is 37.6 Å². The van der Waals surface area contributed by atoms with E-state index in [4.69, 9.17) is 5.11 Å². The number of aromatic hydroxyl groups is 1. The SMILES string of the molecule is COc1cc(O)ccc1S(=O)(=O)[O-].Cc1ccc(C[N+]2(c3ccccc3)CCCCC2)cc1. The molecule has 33 heavy (non-hydrogen) atoms. The molecule has 0 amide bonds. The van der Waals surface area contributed by atoms with Gasteiger partial charge < -0.3 is 14.4 Å². The fourth-order valence-corrected chi connectivity index (χ4v) is 4.90. The standard InChI is InChI=1S/C19H24N.C7H8O5S/c1-17-10-12-18(13-11-17)16-20(14-6-3-7-15-20)19-8-4-2-5-9-19;1-12-6-4-5(8)2-3-7(6)13(9,10)11/h2,4-5,8-13H,3,6-7,14-16H2,1H3;2-4,8H,1H3,(H,9,10,11)/q+1;/p-1. The minimum atomic E-state index is -4.55. The number of hydrogen-bond acceptors (Lipinski definition) is 5. The highest BCUT2D eigenvalue weighted by atomic mass is 32.2. The van der Waals surface area contributed by atoms with Crippen LogP contribution in [-0.2, 0) is 16.7 Å². The fraction of sp³-hybridized carbons (Fsp3) is 0.308. The number of quaternary nitrogens is 1. The second kappa shape index (κ2) is 10.8. The summed E-state index contributed by atoms with van der Waals surface area (Å²) < 4.78 is 37.6. The molecule has 1 fully saturated rings. The number of benzene rings is 3. The van der Waals surface area contributed by atoms with Crippen LogP contribution in [0.1, 0.15) is 30.4 Å². The Morgan fingerprint density at radius 3 is 2.15 bits per heavy atom. The average molecular weight is 470 g/mol. The minimum Gasteiger partial charge on any atom is -0.744 e. The van der Waals surface area contributed by atoms with Gasteiger partial charge in [-0.3, -0.25) is 4.48 Å². The van der Waals surface area contributed by atoms with Crippen LogP contribution in [0, 0.1) is 6.92 Å². The van der Waals surface area contributed by atoms with Gasteiger partial charge in [-0.05, 0) is 50.5 Å². The predicted molar refractivity (Wildman–Crippen MR) is 129 cm³/mol. The average Bonchev–Trinajstić information content (AvgIpc) is 2.81. The third-order valence-electron chi connectivity index (χ3n) is 6.00. The quantitative estimate of drug-likeness (QED) is 0.420. The van der Waals surface area contributed by atoms with E-state index in [-0.39, 0.29) is 11.5 Å². The van der Waals surface area contributed by atoms with Crippen molar-refractivity contribution >= 4 is 15.8 Å². The fourth-order valence-electron chi connectivity index (χ4n) is 4.28. The molecule has 3 aromatic rings. The molecule has 0 bridgehead atoms. The molecule has 0 spiro atoms. The summed E-state index contributed by atoms with van der Waals surface area (Å²) in [6, 6.07) is 23.3. The predicted octanol–water partition coefficient (Wildman–Crippen LogP) is 4.99. The van der Waals surface area contributed by atoms with Crippen LogP contribution in [0.25, 0.3) is 0 Å². The number of rotatable bonds is 5. The maximum atomic E-state index is 10.6. The number of piperidine rings is 1. The topological polar surface area (TPSA) is 86.7 Å². The van der Waals surface area contributed by atoms with E-state index in [1.165, 1.54) is 56.3 Å². The van der Waals surface area contributed by atoms with Crippen molar-refractivity contribution in [1.82, 2.24) is 4.48 Å². The Morgan fingerprint density at radius 2 is 1.58 bits per heavy atom. The molecule has 1 heterocycles. The summed E-state index contributed by atoms with van der Waals surface area (Å²) in [7, 11) is -3.34. The van der Waals surface area contributed by atoms with Crippen LogP contribution in [0.3, 0.4) is 0 Å². The highest BCUT2D eigenvalue weighted by Gasteiger charge is 2.32. The lowest BCUT2D eigenvalue weighted by molar-refractivity contribution is 0.221. The van der Waals surface area contributed by atoms with E-state index in [0.29, 0.717) is 0 Å². The molecule has 1 saturated heterocycles. The Balaban J connectivity index is 0.000000205. The summed E-state index contributed by atoms with van der Waals surface area (Å²) >= 11 is 0. The first-order valence-electron chi connectivity index (χ1n) is 11.0.